The topological polar surface area (TPSA) is 89.0 Å². The first-order valence-corrected chi connectivity index (χ1v) is 10.3. The first-order chi connectivity index (χ1) is 11.2. The van der Waals surface area contributed by atoms with Crippen LogP contribution in [0, 0.1) is 0 Å². The minimum Gasteiger partial charge on any atom is -0.298 e. The van der Waals surface area contributed by atoms with Crippen molar-refractivity contribution in [3.05, 3.63) is 45.7 Å². The van der Waals surface area contributed by atoms with E-state index in [1.165, 1.54) is 29.7 Å². The molecule has 1 aromatic carbocycles. The van der Waals surface area contributed by atoms with Crippen molar-refractivity contribution in [2.45, 2.75) is 4.90 Å². The van der Waals surface area contributed by atoms with Gasteiger partial charge in [-0.2, -0.15) is 0 Å². The molecule has 124 valence electrons. The number of aromatic nitrogens is 2. The largest absolute Gasteiger partial charge is 0.298 e. The van der Waals surface area contributed by atoms with Crippen LogP contribution in [-0.4, -0.2) is 30.5 Å². The van der Waals surface area contributed by atoms with E-state index in [4.69, 9.17) is 11.6 Å². The van der Waals surface area contributed by atoms with Crippen molar-refractivity contribution < 1.29 is 13.2 Å². The highest BCUT2D eigenvalue weighted by molar-refractivity contribution is 9.10. The van der Waals surface area contributed by atoms with Gasteiger partial charge in [0.05, 0.1) is 20.7 Å². The second kappa shape index (κ2) is 6.40. The van der Waals surface area contributed by atoms with Gasteiger partial charge >= 0.3 is 0 Å². The van der Waals surface area contributed by atoms with Crippen LogP contribution in [-0.2, 0) is 9.84 Å². The van der Waals surface area contributed by atoms with E-state index >= 15 is 0 Å². The molecule has 0 aliphatic heterocycles. The number of nitrogens with one attached hydrogen (secondary N) is 1. The lowest BCUT2D eigenvalue weighted by molar-refractivity contribution is 0.102. The first-order valence-electron chi connectivity index (χ1n) is 6.47. The van der Waals surface area contributed by atoms with E-state index in [9.17, 15) is 13.2 Å². The van der Waals surface area contributed by atoms with Gasteiger partial charge in [0.15, 0.2) is 15.0 Å². The number of hydrogen-bond acceptors (Lipinski definition) is 6. The van der Waals surface area contributed by atoms with E-state index in [2.05, 4.69) is 31.2 Å². The Morgan fingerprint density at radius 1 is 1.33 bits per heavy atom. The van der Waals surface area contributed by atoms with Gasteiger partial charge in [0.2, 0.25) is 0 Å². The molecule has 0 bridgehead atoms. The molecule has 0 aliphatic rings. The maximum atomic E-state index is 12.3. The van der Waals surface area contributed by atoms with Crippen molar-refractivity contribution >= 4 is 70.0 Å². The molecular formula is C14H9BrClN3O3S2. The number of amides is 1. The van der Waals surface area contributed by atoms with Gasteiger partial charge < -0.3 is 0 Å². The maximum absolute atomic E-state index is 12.3. The summed E-state index contributed by atoms with van der Waals surface area (Å²) in [4.78, 5) is 20.7. The fourth-order valence-electron chi connectivity index (χ4n) is 1.94. The van der Waals surface area contributed by atoms with E-state index in [1.807, 2.05) is 0 Å². The Morgan fingerprint density at radius 2 is 2.08 bits per heavy atom. The van der Waals surface area contributed by atoms with Gasteiger partial charge in [-0.15, -0.1) is 0 Å². The Balaban J connectivity index is 1.93. The monoisotopic (exact) mass is 445 g/mol. The summed E-state index contributed by atoms with van der Waals surface area (Å²) in [5, 5.41) is 3.07. The molecular weight excluding hydrogens is 438 g/mol. The fraction of sp³-hybridized carbons (Fsp3) is 0.0714. The van der Waals surface area contributed by atoms with Crippen molar-refractivity contribution in [1.82, 2.24) is 9.97 Å². The number of halogens is 2. The molecule has 2 heterocycles. The van der Waals surface area contributed by atoms with Crippen LogP contribution in [0.2, 0.25) is 5.15 Å². The summed E-state index contributed by atoms with van der Waals surface area (Å²) in [5.74, 6) is -0.448. The van der Waals surface area contributed by atoms with Gasteiger partial charge in [-0.25, -0.2) is 18.4 Å². The minimum atomic E-state index is -3.30. The number of hydrogen-bond donors (Lipinski definition) is 1. The zero-order chi connectivity index (χ0) is 17.5. The summed E-state index contributed by atoms with van der Waals surface area (Å²) in [6.07, 6.45) is 2.63. The molecule has 0 atom stereocenters. The summed E-state index contributed by atoms with van der Waals surface area (Å²) in [5.41, 5.74) is 0.809. The van der Waals surface area contributed by atoms with Crippen LogP contribution in [0.5, 0.6) is 0 Å². The number of nitrogens with zero attached hydrogens (tertiary/aromatic N) is 2. The highest BCUT2D eigenvalue weighted by Gasteiger charge is 2.15. The van der Waals surface area contributed by atoms with Gasteiger partial charge in [0.1, 0.15) is 5.15 Å². The quantitative estimate of drug-likeness (QED) is 0.619. The molecule has 10 heteroatoms. The number of carbonyl (C=O) groups is 1. The Morgan fingerprint density at radius 3 is 2.79 bits per heavy atom. The second-order valence-corrected chi connectivity index (χ2v) is 9.19. The van der Waals surface area contributed by atoms with Crippen molar-refractivity contribution in [2.24, 2.45) is 0 Å². The standard InChI is InChI=1S/C14H9BrClN3O3S2/c1-24(21,22)8-2-3-10-11(5-8)23-14(18-10)19-13(20)9-4-7(15)6-17-12(9)16/h2-6H,1H3,(H,18,19,20). The SMILES string of the molecule is CS(=O)(=O)c1ccc2nc(NC(=O)c3cc(Br)cnc3Cl)sc2c1. The summed E-state index contributed by atoms with van der Waals surface area (Å²) >= 11 is 10.3. The molecule has 2 aromatic heterocycles. The summed E-state index contributed by atoms with van der Waals surface area (Å²) in [6.45, 7) is 0. The Labute approximate surface area is 154 Å². The minimum absolute atomic E-state index is 0.0798. The zero-order valence-electron chi connectivity index (χ0n) is 12.1. The molecule has 3 aromatic rings. The van der Waals surface area contributed by atoms with Crippen LogP contribution in [0.4, 0.5) is 5.13 Å². The van der Waals surface area contributed by atoms with Crippen LogP contribution in [0.15, 0.2) is 39.8 Å². The number of pyridine rings is 1. The Kier molecular flexibility index (Phi) is 4.60. The molecule has 0 aliphatic carbocycles. The van der Waals surface area contributed by atoms with Crippen molar-refractivity contribution in [3.8, 4) is 0 Å². The van der Waals surface area contributed by atoms with Crippen molar-refractivity contribution in [2.75, 3.05) is 11.6 Å². The Hall–Kier alpha value is -1.55. The lowest BCUT2D eigenvalue weighted by atomic mass is 10.3. The highest BCUT2D eigenvalue weighted by Crippen LogP contribution is 2.29. The van der Waals surface area contributed by atoms with E-state index < -0.39 is 15.7 Å². The molecule has 24 heavy (non-hydrogen) atoms. The molecule has 6 nitrogen and oxygen atoms in total. The summed E-state index contributed by atoms with van der Waals surface area (Å²) < 4.78 is 24.5. The number of anilines is 1. The molecule has 0 radical (unpaired) electrons. The zero-order valence-corrected chi connectivity index (χ0v) is 16.1. The van der Waals surface area contributed by atoms with Gasteiger partial charge in [0, 0.05) is 16.9 Å². The number of carbonyl (C=O) groups excluding carboxylic acids is 1. The van der Waals surface area contributed by atoms with E-state index in [0.29, 0.717) is 19.8 Å². The molecule has 1 N–H and O–H groups in total. The van der Waals surface area contributed by atoms with Crippen LogP contribution >= 0.6 is 38.9 Å². The summed E-state index contributed by atoms with van der Waals surface area (Å²) in [7, 11) is -3.30. The van der Waals surface area contributed by atoms with E-state index in [0.717, 1.165) is 6.26 Å². The predicted molar refractivity (Wildman–Crippen MR) is 97.6 cm³/mol. The van der Waals surface area contributed by atoms with Gasteiger partial charge in [-0.05, 0) is 40.2 Å². The Bertz CT molecular complexity index is 1070. The molecule has 3 rings (SSSR count). The van der Waals surface area contributed by atoms with Crippen LogP contribution in [0.3, 0.4) is 0 Å². The molecule has 0 fully saturated rings. The van der Waals surface area contributed by atoms with E-state index in [-0.39, 0.29) is 15.6 Å². The number of fused-ring (bicyclic) bond motifs is 1. The lowest BCUT2D eigenvalue weighted by Gasteiger charge is -2.03. The smallest absolute Gasteiger partial charge is 0.260 e. The molecule has 1 amide bonds. The fourth-order valence-corrected chi connectivity index (χ4v) is 4.08. The first kappa shape index (κ1) is 17.3. The van der Waals surface area contributed by atoms with Crippen LogP contribution in [0.1, 0.15) is 10.4 Å². The maximum Gasteiger partial charge on any atom is 0.260 e. The number of rotatable bonds is 3. The third-order valence-electron chi connectivity index (χ3n) is 3.06. The average Bonchev–Trinajstić information content (AvgIpc) is 2.89. The molecule has 0 saturated heterocycles. The second-order valence-electron chi connectivity index (χ2n) is 4.87. The normalized spacial score (nSPS) is 11.6. The highest BCUT2D eigenvalue weighted by atomic mass is 79.9. The summed E-state index contributed by atoms with van der Waals surface area (Å²) in [6, 6.07) is 6.18. The predicted octanol–water partition coefficient (Wildman–Crippen LogP) is 3.76. The molecule has 0 spiro atoms. The third kappa shape index (κ3) is 3.59. The number of benzene rings is 1. The van der Waals surface area contributed by atoms with Gasteiger partial charge in [0.25, 0.3) is 5.91 Å². The van der Waals surface area contributed by atoms with Crippen molar-refractivity contribution in [3.63, 3.8) is 0 Å². The average molecular weight is 447 g/mol. The van der Waals surface area contributed by atoms with Gasteiger partial charge in [-0.3, -0.25) is 10.1 Å². The van der Waals surface area contributed by atoms with Crippen LogP contribution < -0.4 is 5.32 Å². The third-order valence-corrected chi connectivity index (χ3v) is 5.84. The van der Waals surface area contributed by atoms with Crippen LogP contribution in [0.25, 0.3) is 10.2 Å². The number of thiazole rings is 1. The molecule has 0 saturated carbocycles. The number of sulfone groups is 1. The van der Waals surface area contributed by atoms with Gasteiger partial charge in [-0.1, -0.05) is 22.9 Å². The van der Waals surface area contributed by atoms with E-state index in [1.54, 1.807) is 12.1 Å². The molecule has 0 unspecified atom stereocenters. The lowest BCUT2D eigenvalue weighted by Crippen LogP contribution is -2.12. The van der Waals surface area contributed by atoms with Crippen molar-refractivity contribution in [1.29, 1.82) is 0 Å².